The van der Waals surface area contributed by atoms with Gasteiger partial charge >= 0.3 is 0 Å². The second kappa shape index (κ2) is 5.42. The van der Waals surface area contributed by atoms with Gasteiger partial charge in [0.05, 0.1) is 36.2 Å². The minimum absolute atomic E-state index is 0.136. The normalized spacial score (nSPS) is 28.8. The largest absolute Gasteiger partial charge is 0.391 e. The van der Waals surface area contributed by atoms with Crippen LogP contribution in [0.2, 0.25) is 0 Å². The lowest BCUT2D eigenvalue weighted by Gasteiger charge is -2.39. The van der Waals surface area contributed by atoms with Gasteiger partial charge in [0, 0.05) is 19.2 Å². The number of aromatic nitrogens is 2. The van der Waals surface area contributed by atoms with E-state index in [0.29, 0.717) is 6.61 Å². The zero-order valence-electron chi connectivity index (χ0n) is 12.7. The zero-order valence-corrected chi connectivity index (χ0v) is 12.7. The molecule has 2 aliphatic rings. The Bertz CT molecular complexity index is 570. The highest BCUT2D eigenvalue weighted by atomic mass is 16.5. The summed E-state index contributed by atoms with van der Waals surface area (Å²) in [6.07, 6.45) is 3.78. The van der Waals surface area contributed by atoms with Gasteiger partial charge in [-0.1, -0.05) is 0 Å². The van der Waals surface area contributed by atoms with Gasteiger partial charge in [-0.25, -0.2) is 4.68 Å². The molecule has 3 rings (SSSR count). The van der Waals surface area contributed by atoms with Crippen LogP contribution in [-0.2, 0) is 4.74 Å². The van der Waals surface area contributed by atoms with Crippen LogP contribution >= 0.6 is 0 Å². The van der Waals surface area contributed by atoms with Crippen molar-refractivity contribution in [3.8, 4) is 0 Å². The molecule has 1 aliphatic heterocycles. The molecule has 1 aromatic heterocycles. The Balaban J connectivity index is 1.83. The Morgan fingerprint density at radius 3 is 2.86 bits per heavy atom. The molecule has 116 valence electrons. The average molecular weight is 293 g/mol. The van der Waals surface area contributed by atoms with Crippen LogP contribution in [-0.4, -0.2) is 46.3 Å². The van der Waals surface area contributed by atoms with Crippen molar-refractivity contribution in [2.45, 2.75) is 50.9 Å². The molecule has 6 nitrogen and oxygen atoms in total. The zero-order chi connectivity index (χ0) is 15.0. The molecule has 2 fully saturated rings. The van der Waals surface area contributed by atoms with Gasteiger partial charge in [0.2, 0.25) is 0 Å². The third-order valence-electron chi connectivity index (χ3n) is 4.36. The van der Waals surface area contributed by atoms with Crippen molar-refractivity contribution in [3.05, 3.63) is 22.6 Å². The fourth-order valence-electron chi connectivity index (χ4n) is 3.27. The van der Waals surface area contributed by atoms with E-state index >= 15 is 0 Å². The van der Waals surface area contributed by atoms with Crippen LogP contribution in [0.15, 0.2) is 17.1 Å². The van der Waals surface area contributed by atoms with Crippen LogP contribution in [0.5, 0.6) is 0 Å². The maximum atomic E-state index is 12.3. The maximum absolute atomic E-state index is 12.3. The Labute approximate surface area is 124 Å². The summed E-state index contributed by atoms with van der Waals surface area (Å²) in [4.78, 5) is 14.4. The molecule has 1 aromatic rings. The van der Waals surface area contributed by atoms with E-state index < -0.39 is 6.10 Å². The number of hydrogen-bond acceptors (Lipinski definition) is 5. The second-order valence-corrected chi connectivity index (χ2v) is 6.59. The van der Waals surface area contributed by atoms with Gasteiger partial charge in [-0.05, 0) is 33.1 Å². The molecule has 0 amide bonds. The molecule has 0 aromatic carbocycles. The predicted molar refractivity (Wildman–Crippen MR) is 79.6 cm³/mol. The first-order chi connectivity index (χ1) is 9.96. The SMILES string of the molecule is CC1(C)CN(c2cnn([C@H]3CCC[C@@H]3O)c(=O)c2)CCO1. The van der Waals surface area contributed by atoms with Crippen molar-refractivity contribution in [2.24, 2.45) is 0 Å². The van der Waals surface area contributed by atoms with E-state index in [1.165, 1.54) is 4.68 Å². The lowest BCUT2D eigenvalue weighted by Crippen LogP contribution is -2.48. The van der Waals surface area contributed by atoms with E-state index in [-0.39, 0.29) is 17.2 Å². The standard InChI is InChI=1S/C15H23N3O3/c1-15(2)10-17(6-7-21-15)11-8-14(20)18(16-9-11)12-4-3-5-13(12)19/h8-9,12-13,19H,3-7,10H2,1-2H3/t12-,13-/m0/s1. The molecule has 0 unspecified atom stereocenters. The molecular formula is C15H23N3O3. The van der Waals surface area contributed by atoms with Crippen LogP contribution < -0.4 is 10.5 Å². The monoisotopic (exact) mass is 293 g/mol. The predicted octanol–water partition coefficient (Wildman–Crippen LogP) is 0.944. The summed E-state index contributed by atoms with van der Waals surface area (Å²) in [5, 5.41) is 14.2. The first-order valence-corrected chi connectivity index (χ1v) is 7.62. The van der Waals surface area contributed by atoms with E-state index in [9.17, 15) is 9.90 Å². The Hall–Kier alpha value is -1.40. The molecule has 21 heavy (non-hydrogen) atoms. The number of ether oxygens (including phenoxy) is 1. The Morgan fingerprint density at radius 1 is 1.43 bits per heavy atom. The number of hydrogen-bond donors (Lipinski definition) is 1. The number of aliphatic hydroxyl groups excluding tert-OH is 1. The molecule has 1 aliphatic carbocycles. The van der Waals surface area contributed by atoms with Gasteiger partial charge in [0.1, 0.15) is 0 Å². The molecule has 0 bridgehead atoms. The Kier molecular flexibility index (Phi) is 3.75. The quantitative estimate of drug-likeness (QED) is 0.879. The number of anilines is 1. The molecular weight excluding hydrogens is 270 g/mol. The Morgan fingerprint density at radius 2 is 2.24 bits per heavy atom. The van der Waals surface area contributed by atoms with E-state index in [1.54, 1.807) is 12.3 Å². The first kappa shape index (κ1) is 14.5. The number of nitrogens with zero attached hydrogens (tertiary/aromatic N) is 3. The second-order valence-electron chi connectivity index (χ2n) is 6.59. The van der Waals surface area contributed by atoms with Crippen LogP contribution in [0.3, 0.4) is 0 Å². The van der Waals surface area contributed by atoms with E-state index in [2.05, 4.69) is 10.00 Å². The number of aliphatic hydroxyl groups is 1. The van der Waals surface area contributed by atoms with Gasteiger partial charge in [-0.15, -0.1) is 0 Å². The molecule has 1 N–H and O–H groups in total. The lowest BCUT2D eigenvalue weighted by atomic mass is 10.1. The number of morpholine rings is 1. The van der Waals surface area contributed by atoms with Crippen molar-refractivity contribution >= 4 is 5.69 Å². The molecule has 1 saturated heterocycles. The maximum Gasteiger partial charge on any atom is 0.269 e. The van der Waals surface area contributed by atoms with Crippen LogP contribution in [0.25, 0.3) is 0 Å². The minimum atomic E-state index is -0.455. The van der Waals surface area contributed by atoms with Crippen LogP contribution in [0, 0.1) is 0 Å². The summed E-state index contributed by atoms with van der Waals surface area (Å²) < 4.78 is 7.13. The summed E-state index contributed by atoms with van der Waals surface area (Å²) in [6, 6.07) is 1.45. The first-order valence-electron chi connectivity index (χ1n) is 7.62. The molecule has 1 saturated carbocycles. The average Bonchev–Trinajstić information content (AvgIpc) is 2.83. The topological polar surface area (TPSA) is 67.6 Å². The van der Waals surface area contributed by atoms with E-state index in [4.69, 9.17) is 4.74 Å². The molecule has 2 atom stereocenters. The summed E-state index contributed by atoms with van der Waals surface area (Å²) in [7, 11) is 0. The van der Waals surface area contributed by atoms with Crippen molar-refractivity contribution < 1.29 is 9.84 Å². The highest BCUT2D eigenvalue weighted by molar-refractivity contribution is 5.43. The van der Waals surface area contributed by atoms with E-state index in [0.717, 1.165) is 38.0 Å². The summed E-state index contributed by atoms with van der Waals surface area (Å²) in [6.45, 7) is 6.24. The smallest absolute Gasteiger partial charge is 0.269 e. The molecule has 6 heteroatoms. The van der Waals surface area contributed by atoms with Gasteiger partial charge in [-0.3, -0.25) is 4.79 Å². The molecule has 0 radical (unpaired) electrons. The van der Waals surface area contributed by atoms with Crippen molar-refractivity contribution in [2.75, 3.05) is 24.6 Å². The molecule has 2 heterocycles. The van der Waals surface area contributed by atoms with Gasteiger partial charge < -0.3 is 14.7 Å². The highest BCUT2D eigenvalue weighted by Crippen LogP contribution is 2.28. The fraction of sp³-hybridized carbons (Fsp3) is 0.733. The molecule has 0 spiro atoms. The highest BCUT2D eigenvalue weighted by Gasteiger charge is 2.30. The van der Waals surface area contributed by atoms with Crippen molar-refractivity contribution in [1.82, 2.24) is 9.78 Å². The van der Waals surface area contributed by atoms with Crippen LogP contribution in [0.4, 0.5) is 5.69 Å². The third kappa shape index (κ3) is 2.96. The lowest BCUT2D eigenvalue weighted by molar-refractivity contribution is -0.0277. The van der Waals surface area contributed by atoms with Gasteiger partial charge in [0.15, 0.2) is 0 Å². The van der Waals surface area contributed by atoms with Gasteiger partial charge in [0.25, 0.3) is 5.56 Å². The van der Waals surface area contributed by atoms with Crippen molar-refractivity contribution in [1.29, 1.82) is 0 Å². The minimum Gasteiger partial charge on any atom is -0.391 e. The third-order valence-corrected chi connectivity index (χ3v) is 4.36. The number of rotatable bonds is 2. The van der Waals surface area contributed by atoms with Gasteiger partial charge in [-0.2, -0.15) is 5.10 Å². The summed E-state index contributed by atoms with van der Waals surface area (Å²) in [5.74, 6) is 0. The summed E-state index contributed by atoms with van der Waals surface area (Å²) >= 11 is 0. The van der Waals surface area contributed by atoms with Crippen LogP contribution in [0.1, 0.15) is 39.2 Å². The van der Waals surface area contributed by atoms with Crippen molar-refractivity contribution in [3.63, 3.8) is 0 Å². The van der Waals surface area contributed by atoms with E-state index in [1.807, 2.05) is 13.8 Å². The summed E-state index contributed by atoms with van der Waals surface area (Å²) in [5.41, 5.74) is 0.484. The fourth-order valence-corrected chi connectivity index (χ4v) is 3.27.